The number of aromatic nitrogens is 2. The third-order valence-electron chi connectivity index (χ3n) is 3.76. The van der Waals surface area contributed by atoms with Gasteiger partial charge in [0.15, 0.2) is 5.82 Å². The van der Waals surface area contributed by atoms with E-state index < -0.39 is 17.7 Å². The monoisotopic (exact) mass is 307 g/mol. The first-order valence-corrected chi connectivity index (χ1v) is 7.01. The number of amides is 1. The first-order valence-electron chi connectivity index (χ1n) is 7.01. The molecule has 1 amide bonds. The van der Waals surface area contributed by atoms with Gasteiger partial charge in [-0.15, -0.1) is 0 Å². The molecule has 1 aromatic carbocycles. The topological polar surface area (TPSA) is 68.0 Å². The minimum atomic E-state index is -0.622. The van der Waals surface area contributed by atoms with Crippen molar-refractivity contribution in [2.24, 2.45) is 5.92 Å². The quantitative estimate of drug-likeness (QED) is 0.943. The van der Waals surface area contributed by atoms with Gasteiger partial charge in [-0.3, -0.25) is 4.79 Å². The van der Waals surface area contributed by atoms with E-state index in [-0.39, 0.29) is 17.7 Å². The number of hydrogen-bond donors (Lipinski definition) is 1. The van der Waals surface area contributed by atoms with E-state index in [1.165, 1.54) is 12.1 Å². The van der Waals surface area contributed by atoms with Crippen LogP contribution in [0, 0.1) is 24.5 Å². The summed E-state index contributed by atoms with van der Waals surface area (Å²) in [4.78, 5) is 16.2. The molecular formula is C15H15F2N3O2. The van der Waals surface area contributed by atoms with Crippen LogP contribution in [0.3, 0.4) is 0 Å². The Bertz CT molecular complexity index is 717. The van der Waals surface area contributed by atoms with Crippen molar-refractivity contribution in [2.45, 2.75) is 32.2 Å². The molecule has 0 spiro atoms. The second kappa shape index (κ2) is 5.47. The van der Waals surface area contributed by atoms with Crippen molar-refractivity contribution in [3.63, 3.8) is 0 Å². The zero-order chi connectivity index (χ0) is 15.9. The van der Waals surface area contributed by atoms with Crippen LogP contribution in [-0.2, 0) is 4.79 Å². The molecule has 116 valence electrons. The van der Waals surface area contributed by atoms with E-state index in [4.69, 9.17) is 4.52 Å². The van der Waals surface area contributed by atoms with Crippen LogP contribution in [0.25, 0.3) is 0 Å². The van der Waals surface area contributed by atoms with Crippen LogP contribution in [0.2, 0.25) is 0 Å². The van der Waals surface area contributed by atoms with Gasteiger partial charge in [0.1, 0.15) is 17.7 Å². The minimum Gasteiger partial charge on any atom is -0.344 e. The highest BCUT2D eigenvalue weighted by atomic mass is 19.1. The molecule has 5 nitrogen and oxygen atoms in total. The molecule has 1 saturated carbocycles. The van der Waals surface area contributed by atoms with Gasteiger partial charge in [0, 0.05) is 12.0 Å². The van der Waals surface area contributed by atoms with Gasteiger partial charge in [-0.25, -0.2) is 8.78 Å². The number of nitrogens with one attached hydrogen (secondary N) is 1. The van der Waals surface area contributed by atoms with Gasteiger partial charge < -0.3 is 9.84 Å². The van der Waals surface area contributed by atoms with Gasteiger partial charge in [0.2, 0.25) is 11.8 Å². The summed E-state index contributed by atoms with van der Waals surface area (Å²) in [6, 6.07) is 3.03. The second-order valence-electron chi connectivity index (χ2n) is 5.52. The summed E-state index contributed by atoms with van der Waals surface area (Å²) in [5.74, 6) is -1.13. The number of hydrogen-bond acceptors (Lipinski definition) is 4. The molecule has 0 saturated heterocycles. The lowest BCUT2D eigenvalue weighted by Crippen LogP contribution is -2.28. The Morgan fingerprint density at radius 2 is 2.23 bits per heavy atom. The van der Waals surface area contributed by atoms with E-state index in [1.807, 2.05) is 0 Å². The van der Waals surface area contributed by atoms with Gasteiger partial charge >= 0.3 is 0 Å². The molecule has 1 fully saturated rings. The summed E-state index contributed by atoms with van der Waals surface area (Å²) in [5.41, 5.74) is 0.378. The highest BCUT2D eigenvalue weighted by Gasteiger charge is 2.45. The van der Waals surface area contributed by atoms with Crippen LogP contribution in [0.5, 0.6) is 0 Å². The number of aryl methyl sites for hydroxylation is 1. The standard InChI is InChI=1S/C15H15F2N3O2/c1-7(15-19-8(2)20-22-15)18-14(21)12-6-11(12)10-4-3-9(16)5-13(10)17/h3-5,7,11-12H,6H2,1-2H3,(H,18,21)/t7-,11+,12-/m0/s1. The maximum Gasteiger partial charge on any atom is 0.248 e. The average molecular weight is 307 g/mol. The predicted molar refractivity (Wildman–Crippen MR) is 72.8 cm³/mol. The molecule has 0 radical (unpaired) electrons. The number of benzene rings is 1. The lowest BCUT2D eigenvalue weighted by Gasteiger charge is -2.09. The number of nitrogens with zero attached hydrogens (tertiary/aromatic N) is 2. The van der Waals surface area contributed by atoms with Crippen LogP contribution >= 0.6 is 0 Å². The Hall–Kier alpha value is -2.31. The highest BCUT2D eigenvalue weighted by molar-refractivity contribution is 5.83. The molecule has 3 rings (SSSR count). The molecule has 7 heteroatoms. The van der Waals surface area contributed by atoms with E-state index in [9.17, 15) is 13.6 Å². The second-order valence-corrected chi connectivity index (χ2v) is 5.52. The normalized spacial score (nSPS) is 21.5. The molecule has 1 N–H and O–H groups in total. The van der Waals surface area contributed by atoms with Crippen molar-refractivity contribution in [1.82, 2.24) is 15.5 Å². The molecule has 3 atom stereocenters. The van der Waals surface area contributed by atoms with Crippen molar-refractivity contribution in [3.8, 4) is 0 Å². The van der Waals surface area contributed by atoms with Gasteiger partial charge in [-0.05, 0) is 37.8 Å². The van der Waals surface area contributed by atoms with Gasteiger partial charge in [-0.1, -0.05) is 11.2 Å². The Labute approximate surface area is 125 Å². The molecule has 1 heterocycles. The Morgan fingerprint density at radius 1 is 1.45 bits per heavy atom. The van der Waals surface area contributed by atoms with Crippen molar-refractivity contribution >= 4 is 5.91 Å². The van der Waals surface area contributed by atoms with E-state index in [2.05, 4.69) is 15.5 Å². The van der Waals surface area contributed by atoms with Crippen LogP contribution < -0.4 is 5.32 Å². The van der Waals surface area contributed by atoms with E-state index >= 15 is 0 Å². The summed E-state index contributed by atoms with van der Waals surface area (Å²) in [6.07, 6.45) is 0.546. The fourth-order valence-corrected chi connectivity index (χ4v) is 2.50. The Morgan fingerprint density at radius 3 is 2.86 bits per heavy atom. The zero-order valence-corrected chi connectivity index (χ0v) is 12.1. The fourth-order valence-electron chi connectivity index (χ4n) is 2.50. The predicted octanol–water partition coefficient (Wildman–Crippen LogP) is 2.64. The largest absolute Gasteiger partial charge is 0.344 e. The highest BCUT2D eigenvalue weighted by Crippen LogP contribution is 2.48. The first-order chi connectivity index (χ1) is 10.5. The first kappa shape index (κ1) is 14.6. The number of carbonyl (C=O) groups is 1. The number of rotatable bonds is 4. The minimum absolute atomic E-state index is 0.197. The summed E-state index contributed by atoms with van der Waals surface area (Å²) in [7, 11) is 0. The molecule has 1 aromatic heterocycles. The summed E-state index contributed by atoms with van der Waals surface area (Å²) < 4.78 is 31.6. The van der Waals surface area contributed by atoms with E-state index in [0.29, 0.717) is 23.7 Å². The van der Waals surface area contributed by atoms with Gasteiger partial charge in [0.25, 0.3) is 0 Å². The van der Waals surface area contributed by atoms with Crippen molar-refractivity contribution in [3.05, 3.63) is 47.1 Å². The zero-order valence-electron chi connectivity index (χ0n) is 12.1. The number of carbonyl (C=O) groups excluding carboxylic acids is 1. The van der Waals surface area contributed by atoms with Crippen LogP contribution in [0.1, 0.15) is 42.6 Å². The third kappa shape index (κ3) is 2.84. The van der Waals surface area contributed by atoms with Gasteiger partial charge in [-0.2, -0.15) is 4.98 Å². The van der Waals surface area contributed by atoms with Crippen LogP contribution in [-0.4, -0.2) is 16.0 Å². The lowest BCUT2D eigenvalue weighted by atomic mass is 10.1. The van der Waals surface area contributed by atoms with Crippen LogP contribution in [0.15, 0.2) is 22.7 Å². The van der Waals surface area contributed by atoms with Gasteiger partial charge in [0.05, 0.1) is 0 Å². The molecule has 2 aromatic rings. The van der Waals surface area contributed by atoms with E-state index in [0.717, 1.165) is 6.07 Å². The molecule has 22 heavy (non-hydrogen) atoms. The third-order valence-corrected chi connectivity index (χ3v) is 3.76. The fraction of sp³-hybridized carbons (Fsp3) is 0.400. The van der Waals surface area contributed by atoms with Crippen LogP contribution in [0.4, 0.5) is 8.78 Å². The molecular weight excluding hydrogens is 292 g/mol. The summed E-state index contributed by atoms with van der Waals surface area (Å²) in [6.45, 7) is 3.43. The van der Waals surface area contributed by atoms with Crippen molar-refractivity contribution in [1.29, 1.82) is 0 Å². The Kier molecular flexibility index (Phi) is 3.64. The molecule has 1 aliphatic carbocycles. The summed E-state index contributed by atoms with van der Waals surface area (Å²) in [5, 5.41) is 6.44. The molecule has 0 aliphatic heterocycles. The SMILES string of the molecule is Cc1noc([C@H](C)NC(=O)[C@H]2C[C@@H]2c2ccc(F)cc2F)n1. The van der Waals surface area contributed by atoms with Crippen molar-refractivity contribution < 1.29 is 18.1 Å². The molecule has 0 unspecified atom stereocenters. The average Bonchev–Trinajstić information content (AvgIpc) is 3.12. The maximum absolute atomic E-state index is 13.7. The lowest BCUT2D eigenvalue weighted by molar-refractivity contribution is -0.123. The van der Waals surface area contributed by atoms with E-state index in [1.54, 1.807) is 13.8 Å². The van der Waals surface area contributed by atoms with Crippen molar-refractivity contribution in [2.75, 3.05) is 0 Å². The Balaban J connectivity index is 1.63. The molecule has 1 aliphatic rings. The smallest absolute Gasteiger partial charge is 0.248 e. The maximum atomic E-state index is 13.7. The molecule has 0 bridgehead atoms. The summed E-state index contributed by atoms with van der Waals surface area (Å²) >= 11 is 0. The number of halogens is 2.